The van der Waals surface area contributed by atoms with E-state index in [1.807, 2.05) is 13.8 Å². The molecule has 0 aliphatic carbocycles. The average molecular weight is 198 g/mol. The lowest BCUT2D eigenvalue weighted by Gasteiger charge is -2.00. The second-order valence-corrected chi connectivity index (χ2v) is 2.51. The Kier molecular flexibility index (Phi) is 5.53. The van der Waals surface area contributed by atoms with Crippen molar-refractivity contribution in [1.29, 1.82) is 0 Å². The largest absolute Gasteiger partial charge is 0.465 e. The Labute approximate surface area is 83.7 Å². The molecule has 0 fully saturated rings. The van der Waals surface area contributed by atoms with Crippen LogP contribution >= 0.6 is 0 Å². The van der Waals surface area contributed by atoms with Crippen LogP contribution < -0.4 is 0 Å². The summed E-state index contributed by atoms with van der Waals surface area (Å²) in [4.78, 5) is 10.9. The van der Waals surface area contributed by atoms with Crippen molar-refractivity contribution in [3.8, 4) is 0 Å². The molecule has 14 heavy (non-hydrogen) atoms. The summed E-state index contributed by atoms with van der Waals surface area (Å²) < 4.78 is 17.2. The van der Waals surface area contributed by atoms with E-state index in [-0.39, 0.29) is 5.56 Å². The minimum Gasteiger partial charge on any atom is -0.465 e. The van der Waals surface area contributed by atoms with E-state index in [1.54, 1.807) is 13.0 Å². The van der Waals surface area contributed by atoms with Crippen LogP contribution in [0.15, 0.2) is 18.2 Å². The van der Waals surface area contributed by atoms with Gasteiger partial charge in [0.05, 0.1) is 12.7 Å². The van der Waals surface area contributed by atoms with Crippen molar-refractivity contribution in [2.24, 2.45) is 0 Å². The van der Waals surface area contributed by atoms with E-state index < -0.39 is 11.8 Å². The van der Waals surface area contributed by atoms with Crippen molar-refractivity contribution in [3.05, 3.63) is 35.1 Å². The number of hydrogen-bond donors (Lipinski definition) is 0. The molecule has 0 bridgehead atoms. The van der Waals surface area contributed by atoms with E-state index in [0.717, 1.165) is 6.07 Å². The first kappa shape index (κ1) is 12.6. The molecule has 0 heterocycles. The minimum absolute atomic E-state index is 0.245. The van der Waals surface area contributed by atoms with Gasteiger partial charge in [-0.1, -0.05) is 13.8 Å². The molecular weight excluding hydrogens is 183 g/mol. The van der Waals surface area contributed by atoms with Gasteiger partial charge in [0.1, 0.15) is 5.82 Å². The molecule has 0 saturated heterocycles. The molecule has 0 aliphatic rings. The molecule has 1 aromatic carbocycles. The Balaban J connectivity index is 0.000000791. The average Bonchev–Trinajstić information content (AvgIpc) is 2.18. The number of hydrogen-bond acceptors (Lipinski definition) is 2. The normalized spacial score (nSPS) is 8.64. The molecule has 2 nitrogen and oxygen atoms in total. The lowest BCUT2D eigenvalue weighted by atomic mass is 10.1. The summed E-state index contributed by atoms with van der Waals surface area (Å²) in [5.74, 6) is -0.937. The summed E-state index contributed by atoms with van der Waals surface area (Å²) in [5.41, 5.74) is 0.949. The third-order valence-electron chi connectivity index (χ3n) is 1.46. The fourth-order valence-electron chi connectivity index (χ4n) is 0.972. The first-order valence-corrected chi connectivity index (χ1v) is 4.49. The van der Waals surface area contributed by atoms with Crippen LogP contribution in [0.2, 0.25) is 0 Å². The van der Waals surface area contributed by atoms with E-state index in [0.29, 0.717) is 5.56 Å². The maximum absolute atomic E-state index is 12.7. The highest BCUT2D eigenvalue weighted by Crippen LogP contribution is 2.08. The summed E-state index contributed by atoms with van der Waals surface area (Å²) in [7, 11) is 1.27. The number of aryl methyl sites for hydroxylation is 1. The Morgan fingerprint density at radius 1 is 1.29 bits per heavy atom. The second kappa shape index (κ2) is 6.13. The smallest absolute Gasteiger partial charge is 0.337 e. The van der Waals surface area contributed by atoms with Crippen molar-refractivity contribution in [2.45, 2.75) is 20.8 Å². The second-order valence-electron chi connectivity index (χ2n) is 2.51. The number of benzene rings is 1. The Bertz CT molecular complexity index is 288. The SMILES string of the molecule is CC.COC(=O)c1cc(C)cc(F)c1. The van der Waals surface area contributed by atoms with Gasteiger partial charge in [0.2, 0.25) is 0 Å². The van der Waals surface area contributed by atoms with Crippen LogP contribution in [0.1, 0.15) is 29.8 Å². The summed E-state index contributed by atoms with van der Waals surface area (Å²) in [5, 5.41) is 0. The van der Waals surface area contributed by atoms with Crippen molar-refractivity contribution in [2.75, 3.05) is 7.11 Å². The summed E-state index contributed by atoms with van der Waals surface area (Å²) >= 11 is 0. The fraction of sp³-hybridized carbons (Fsp3) is 0.364. The van der Waals surface area contributed by atoms with Gasteiger partial charge in [-0.15, -0.1) is 0 Å². The monoisotopic (exact) mass is 198 g/mol. The van der Waals surface area contributed by atoms with Gasteiger partial charge in [-0.2, -0.15) is 0 Å². The molecular formula is C11H15FO2. The van der Waals surface area contributed by atoms with E-state index in [1.165, 1.54) is 13.2 Å². The zero-order valence-corrected chi connectivity index (χ0v) is 8.93. The third-order valence-corrected chi connectivity index (χ3v) is 1.46. The van der Waals surface area contributed by atoms with Crippen molar-refractivity contribution < 1.29 is 13.9 Å². The Morgan fingerprint density at radius 3 is 2.29 bits per heavy atom. The van der Waals surface area contributed by atoms with Crippen LogP contribution in [-0.4, -0.2) is 13.1 Å². The van der Waals surface area contributed by atoms with Gasteiger partial charge in [0.15, 0.2) is 0 Å². The van der Waals surface area contributed by atoms with Crippen LogP contribution in [0.25, 0.3) is 0 Å². The first-order chi connectivity index (χ1) is 6.63. The topological polar surface area (TPSA) is 26.3 Å². The molecule has 0 unspecified atom stereocenters. The number of esters is 1. The molecule has 0 saturated carbocycles. The van der Waals surface area contributed by atoms with Gasteiger partial charge >= 0.3 is 5.97 Å². The molecule has 0 spiro atoms. The highest BCUT2D eigenvalue weighted by molar-refractivity contribution is 5.89. The quantitative estimate of drug-likeness (QED) is 0.648. The van der Waals surface area contributed by atoms with Crippen LogP contribution in [0.4, 0.5) is 4.39 Å². The molecule has 0 aromatic heterocycles. The Morgan fingerprint density at radius 2 is 1.86 bits per heavy atom. The summed E-state index contributed by atoms with van der Waals surface area (Å²) in [6, 6.07) is 4.08. The van der Waals surface area contributed by atoms with Gasteiger partial charge in [0, 0.05) is 0 Å². The van der Waals surface area contributed by atoms with Gasteiger partial charge in [-0.05, 0) is 30.7 Å². The molecule has 3 heteroatoms. The molecule has 78 valence electrons. The zero-order chi connectivity index (χ0) is 11.1. The highest BCUT2D eigenvalue weighted by Gasteiger charge is 2.06. The maximum Gasteiger partial charge on any atom is 0.337 e. The van der Waals surface area contributed by atoms with E-state index in [9.17, 15) is 9.18 Å². The molecule has 0 N–H and O–H groups in total. The number of rotatable bonds is 1. The third kappa shape index (κ3) is 3.56. The predicted octanol–water partition coefficient (Wildman–Crippen LogP) is 2.95. The fourth-order valence-corrected chi connectivity index (χ4v) is 0.972. The van der Waals surface area contributed by atoms with Crippen molar-refractivity contribution in [3.63, 3.8) is 0 Å². The lowest BCUT2D eigenvalue weighted by Crippen LogP contribution is -2.01. The molecule has 0 radical (unpaired) electrons. The number of carbonyl (C=O) groups excluding carboxylic acids is 1. The van der Waals surface area contributed by atoms with Crippen molar-refractivity contribution >= 4 is 5.97 Å². The summed E-state index contributed by atoms with van der Waals surface area (Å²) in [6.07, 6.45) is 0. The van der Waals surface area contributed by atoms with Crippen LogP contribution in [0.5, 0.6) is 0 Å². The molecule has 0 amide bonds. The van der Waals surface area contributed by atoms with Gasteiger partial charge in [-0.25, -0.2) is 9.18 Å². The maximum atomic E-state index is 12.7. The van der Waals surface area contributed by atoms with Gasteiger partial charge in [-0.3, -0.25) is 0 Å². The van der Waals surface area contributed by atoms with E-state index >= 15 is 0 Å². The predicted molar refractivity (Wildman–Crippen MR) is 53.8 cm³/mol. The zero-order valence-electron chi connectivity index (χ0n) is 8.93. The molecule has 0 atom stereocenters. The minimum atomic E-state index is -0.516. The highest BCUT2D eigenvalue weighted by atomic mass is 19.1. The number of methoxy groups -OCH3 is 1. The van der Waals surface area contributed by atoms with Crippen molar-refractivity contribution in [1.82, 2.24) is 0 Å². The van der Waals surface area contributed by atoms with E-state index in [4.69, 9.17) is 0 Å². The van der Waals surface area contributed by atoms with E-state index in [2.05, 4.69) is 4.74 Å². The number of carbonyl (C=O) groups is 1. The molecule has 1 rings (SSSR count). The van der Waals surface area contributed by atoms with Gasteiger partial charge in [0.25, 0.3) is 0 Å². The number of halogens is 1. The van der Waals surface area contributed by atoms with Crippen LogP contribution in [-0.2, 0) is 4.74 Å². The number of ether oxygens (including phenoxy) is 1. The molecule has 1 aromatic rings. The lowest BCUT2D eigenvalue weighted by molar-refractivity contribution is 0.0600. The molecule has 0 aliphatic heterocycles. The van der Waals surface area contributed by atoms with Crippen LogP contribution in [0.3, 0.4) is 0 Å². The standard InChI is InChI=1S/C9H9FO2.C2H6/c1-6-3-7(9(11)12-2)5-8(10)4-6;1-2/h3-5H,1-2H3;1-2H3. The Hall–Kier alpha value is -1.38. The van der Waals surface area contributed by atoms with Crippen LogP contribution in [0, 0.1) is 12.7 Å². The summed E-state index contributed by atoms with van der Waals surface area (Å²) in [6.45, 7) is 5.72. The van der Waals surface area contributed by atoms with Gasteiger partial charge < -0.3 is 4.74 Å². The first-order valence-electron chi connectivity index (χ1n) is 4.49.